The molecule has 0 radical (unpaired) electrons. The third kappa shape index (κ3) is 4.45. The lowest BCUT2D eigenvalue weighted by atomic mass is 10.3. The molecule has 2 N–H and O–H groups in total. The zero-order chi connectivity index (χ0) is 15.2. The first-order valence-electron chi connectivity index (χ1n) is 6.98. The molecule has 0 aliphatic rings. The van der Waals surface area contributed by atoms with Gasteiger partial charge in [-0.05, 0) is 31.0 Å². The number of sulfonamides is 1. The maximum atomic E-state index is 13.4. The van der Waals surface area contributed by atoms with Crippen molar-refractivity contribution in [2.24, 2.45) is 0 Å². The summed E-state index contributed by atoms with van der Waals surface area (Å²) in [6, 6.07) is 3.45. The van der Waals surface area contributed by atoms with Crippen LogP contribution in [0.4, 0.5) is 10.1 Å². The summed E-state index contributed by atoms with van der Waals surface area (Å²) < 4.78 is 39.9. The molecular weight excluding hydrogens is 279 g/mol. The molecule has 0 fully saturated rings. The van der Waals surface area contributed by atoms with Crippen LogP contribution in [0.2, 0.25) is 0 Å². The minimum Gasteiger partial charge on any atom is -0.399 e. The maximum Gasteiger partial charge on any atom is 0.243 e. The fourth-order valence-electron chi connectivity index (χ4n) is 1.90. The van der Waals surface area contributed by atoms with Crippen molar-refractivity contribution in [1.82, 2.24) is 4.31 Å². The van der Waals surface area contributed by atoms with E-state index in [4.69, 9.17) is 5.73 Å². The van der Waals surface area contributed by atoms with Crippen LogP contribution < -0.4 is 5.73 Å². The Kier molecular flexibility index (Phi) is 6.42. The van der Waals surface area contributed by atoms with Crippen LogP contribution in [0.5, 0.6) is 0 Å². The zero-order valence-electron chi connectivity index (χ0n) is 12.1. The van der Waals surface area contributed by atoms with Crippen molar-refractivity contribution in [3.8, 4) is 0 Å². The van der Waals surface area contributed by atoms with Gasteiger partial charge < -0.3 is 5.73 Å². The number of nitrogens with zero attached hydrogens (tertiary/aromatic N) is 1. The van der Waals surface area contributed by atoms with Crippen LogP contribution in [-0.4, -0.2) is 25.8 Å². The second kappa shape index (κ2) is 7.59. The third-order valence-electron chi connectivity index (χ3n) is 3.05. The largest absolute Gasteiger partial charge is 0.399 e. The quantitative estimate of drug-likeness (QED) is 0.751. The van der Waals surface area contributed by atoms with E-state index >= 15 is 0 Å². The molecule has 0 aliphatic heterocycles. The summed E-state index contributed by atoms with van der Waals surface area (Å²) in [6.45, 7) is 4.92. The van der Waals surface area contributed by atoms with Crippen LogP contribution >= 0.6 is 0 Å². The number of unbranched alkanes of at least 4 members (excludes halogenated alkanes) is 2. The van der Waals surface area contributed by atoms with E-state index < -0.39 is 15.8 Å². The van der Waals surface area contributed by atoms with Gasteiger partial charge in [-0.2, -0.15) is 4.31 Å². The van der Waals surface area contributed by atoms with Crippen molar-refractivity contribution >= 4 is 15.7 Å². The summed E-state index contributed by atoms with van der Waals surface area (Å²) >= 11 is 0. The summed E-state index contributed by atoms with van der Waals surface area (Å²) in [5.74, 6) is -0.630. The molecule has 0 unspecified atom stereocenters. The first kappa shape index (κ1) is 16.9. The lowest BCUT2D eigenvalue weighted by molar-refractivity contribution is 0.395. The van der Waals surface area contributed by atoms with Crippen LogP contribution in [0.25, 0.3) is 0 Å². The van der Waals surface area contributed by atoms with E-state index in [0.717, 1.165) is 37.8 Å². The molecular formula is C14H23FN2O2S. The molecule has 20 heavy (non-hydrogen) atoms. The molecule has 0 aromatic heterocycles. The van der Waals surface area contributed by atoms with Crippen molar-refractivity contribution < 1.29 is 12.8 Å². The second-order valence-corrected chi connectivity index (χ2v) is 6.77. The Hall–Kier alpha value is -1.14. The zero-order valence-corrected chi connectivity index (χ0v) is 12.9. The fraction of sp³-hybridized carbons (Fsp3) is 0.571. The number of rotatable bonds is 8. The van der Waals surface area contributed by atoms with Gasteiger partial charge in [0.1, 0.15) is 5.82 Å². The number of benzene rings is 1. The highest BCUT2D eigenvalue weighted by molar-refractivity contribution is 7.89. The lowest BCUT2D eigenvalue weighted by Crippen LogP contribution is -2.33. The number of hydrogen-bond acceptors (Lipinski definition) is 3. The summed E-state index contributed by atoms with van der Waals surface area (Å²) in [6.07, 6.45) is 3.38. The molecule has 1 aromatic carbocycles. The molecule has 0 saturated heterocycles. The van der Waals surface area contributed by atoms with Crippen LogP contribution in [0.1, 0.15) is 39.5 Å². The van der Waals surface area contributed by atoms with E-state index in [2.05, 4.69) is 0 Å². The molecule has 0 saturated carbocycles. The summed E-state index contributed by atoms with van der Waals surface area (Å²) in [5.41, 5.74) is 5.65. The Morgan fingerprint density at radius 1 is 1.10 bits per heavy atom. The van der Waals surface area contributed by atoms with Gasteiger partial charge in [-0.15, -0.1) is 0 Å². The average Bonchev–Trinajstić information content (AvgIpc) is 2.37. The summed E-state index contributed by atoms with van der Waals surface area (Å²) in [7, 11) is -3.68. The maximum absolute atomic E-state index is 13.4. The molecule has 0 spiro atoms. The van der Waals surface area contributed by atoms with Gasteiger partial charge in [0.2, 0.25) is 10.0 Å². The molecule has 0 atom stereocenters. The highest BCUT2D eigenvalue weighted by Crippen LogP contribution is 2.21. The van der Waals surface area contributed by atoms with Gasteiger partial charge in [-0.3, -0.25) is 0 Å². The van der Waals surface area contributed by atoms with Crippen LogP contribution in [-0.2, 0) is 10.0 Å². The third-order valence-corrected chi connectivity index (χ3v) is 4.93. The van der Waals surface area contributed by atoms with Gasteiger partial charge >= 0.3 is 0 Å². The number of nitrogen functional groups attached to an aromatic ring is 1. The molecule has 0 amide bonds. The number of halogens is 1. The minimum absolute atomic E-state index is 0.0674. The predicted molar refractivity (Wildman–Crippen MR) is 79.4 cm³/mol. The lowest BCUT2D eigenvalue weighted by Gasteiger charge is -2.22. The smallest absolute Gasteiger partial charge is 0.243 e. The van der Waals surface area contributed by atoms with Crippen molar-refractivity contribution in [3.05, 3.63) is 24.0 Å². The first-order chi connectivity index (χ1) is 9.41. The molecule has 0 bridgehead atoms. The Balaban J connectivity index is 3.07. The highest BCUT2D eigenvalue weighted by atomic mass is 32.2. The van der Waals surface area contributed by atoms with E-state index in [1.807, 2.05) is 13.8 Å². The Bertz CT molecular complexity index is 504. The molecule has 114 valence electrons. The molecule has 0 aliphatic carbocycles. The number of hydrogen-bond donors (Lipinski definition) is 1. The molecule has 1 rings (SSSR count). The van der Waals surface area contributed by atoms with Gasteiger partial charge in [-0.25, -0.2) is 12.8 Å². The second-order valence-electron chi connectivity index (χ2n) is 4.83. The topological polar surface area (TPSA) is 63.4 Å². The summed E-state index contributed by atoms with van der Waals surface area (Å²) in [4.78, 5) is -0.0674. The molecule has 0 heterocycles. The Morgan fingerprint density at radius 3 is 2.10 bits per heavy atom. The van der Waals surface area contributed by atoms with Crippen LogP contribution in [0, 0.1) is 5.82 Å². The Morgan fingerprint density at radius 2 is 1.65 bits per heavy atom. The van der Waals surface area contributed by atoms with E-state index in [1.165, 1.54) is 10.4 Å². The van der Waals surface area contributed by atoms with Gasteiger partial charge in [0.25, 0.3) is 0 Å². The van der Waals surface area contributed by atoms with E-state index in [1.54, 1.807) is 0 Å². The normalized spacial score (nSPS) is 12.0. The monoisotopic (exact) mass is 302 g/mol. The summed E-state index contributed by atoms with van der Waals surface area (Å²) in [5, 5.41) is 0. The SMILES string of the molecule is CCCCN(CCCC)S(=O)(=O)c1cc(N)cc(F)c1. The van der Waals surface area contributed by atoms with E-state index in [-0.39, 0.29) is 10.6 Å². The van der Waals surface area contributed by atoms with Gasteiger partial charge in [0, 0.05) is 18.8 Å². The first-order valence-corrected chi connectivity index (χ1v) is 8.42. The van der Waals surface area contributed by atoms with Crippen molar-refractivity contribution in [3.63, 3.8) is 0 Å². The number of anilines is 1. The fourth-order valence-corrected chi connectivity index (χ4v) is 3.49. The average molecular weight is 302 g/mol. The Labute approximate surface area is 120 Å². The molecule has 1 aromatic rings. The van der Waals surface area contributed by atoms with Crippen LogP contribution in [0.15, 0.2) is 23.1 Å². The molecule has 4 nitrogen and oxygen atoms in total. The van der Waals surface area contributed by atoms with E-state index in [9.17, 15) is 12.8 Å². The van der Waals surface area contributed by atoms with Crippen molar-refractivity contribution in [2.45, 2.75) is 44.4 Å². The van der Waals surface area contributed by atoms with E-state index in [0.29, 0.717) is 13.1 Å². The van der Waals surface area contributed by atoms with Crippen LogP contribution in [0.3, 0.4) is 0 Å². The standard InChI is InChI=1S/C14H23FN2O2S/c1-3-5-7-17(8-6-4-2)20(18,19)14-10-12(15)9-13(16)11-14/h9-11H,3-8,16H2,1-2H3. The van der Waals surface area contributed by atoms with Gasteiger partial charge in [0.05, 0.1) is 4.90 Å². The van der Waals surface area contributed by atoms with Gasteiger partial charge in [0.15, 0.2) is 0 Å². The molecule has 6 heteroatoms. The predicted octanol–water partition coefficient (Wildman–Crippen LogP) is 3.00. The minimum atomic E-state index is -3.68. The van der Waals surface area contributed by atoms with Gasteiger partial charge in [-0.1, -0.05) is 26.7 Å². The number of nitrogens with two attached hydrogens (primary N) is 1. The van der Waals surface area contributed by atoms with Crippen molar-refractivity contribution in [1.29, 1.82) is 0 Å². The highest BCUT2D eigenvalue weighted by Gasteiger charge is 2.24. The van der Waals surface area contributed by atoms with Crippen molar-refractivity contribution in [2.75, 3.05) is 18.8 Å².